The number of hydrogen-bond donors (Lipinski definition) is 3. The van der Waals surface area contributed by atoms with Crippen molar-refractivity contribution in [2.45, 2.75) is 38.3 Å². The van der Waals surface area contributed by atoms with Gasteiger partial charge in [-0.3, -0.25) is 4.57 Å². The topological polar surface area (TPSA) is 136 Å². The Kier molecular flexibility index (Phi) is 4.14. The highest BCUT2D eigenvalue weighted by Gasteiger charge is 2.55. The zero-order chi connectivity index (χ0) is 16.7. The fourth-order valence-electron chi connectivity index (χ4n) is 2.97. The first-order valence-corrected chi connectivity index (χ1v) is 9.24. The molecular formula is C13H20N5O4P. The monoisotopic (exact) mass is 341 g/mol. The summed E-state index contributed by atoms with van der Waals surface area (Å²) >= 11 is 0. The molecule has 1 aliphatic carbocycles. The number of imidazole rings is 1. The molecule has 10 heteroatoms. The van der Waals surface area contributed by atoms with Crippen LogP contribution in [0.25, 0.3) is 11.2 Å². The summed E-state index contributed by atoms with van der Waals surface area (Å²) < 4.78 is 18.6. The minimum Gasteiger partial charge on any atom is -0.368 e. The Morgan fingerprint density at radius 2 is 2.30 bits per heavy atom. The second-order valence-electron chi connectivity index (χ2n) is 6.00. The molecule has 0 amide bonds. The van der Waals surface area contributed by atoms with Crippen molar-refractivity contribution >= 4 is 24.7 Å². The highest BCUT2D eigenvalue weighted by Crippen LogP contribution is 2.53. The van der Waals surface area contributed by atoms with E-state index < -0.39 is 19.5 Å². The van der Waals surface area contributed by atoms with Gasteiger partial charge in [-0.15, -0.1) is 0 Å². The van der Waals surface area contributed by atoms with Crippen LogP contribution >= 0.6 is 7.60 Å². The van der Waals surface area contributed by atoms with E-state index in [9.17, 15) is 4.57 Å². The van der Waals surface area contributed by atoms with Gasteiger partial charge in [0.2, 0.25) is 5.95 Å². The van der Waals surface area contributed by atoms with Gasteiger partial charge in [0, 0.05) is 0 Å². The summed E-state index contributed by atoms with van der Waals surface area (Å²) in [5.74, 6) is 0.432. The van der Waals surface area contributed by atoms with Crippen LogP contribution in [0.2, 0.25) is 0 Å². The lowest BCUT2D eigenvalue weighted by molar-refractivity contribution is 0.0274. The average Bonchev–Trinajstić information content (AvgIpc) is 3.00. The summed E-state index contributed by atoms with van der Waals surface area (Å²) in [6.07, 6.45) is 5.31. The van der Waals surface area contributed by atoms with Crippen LogP contribution in [0.5, 0.6) is 0 Å². The van der Waals surface area contributed by atoms with Gasteiger partial charge in [0.25, 0.3) is 0 Å². The number of ether oxygens (including phenoxy) is 1. The van der Waals surface area contributed by atoms with Crippen LogP contribution in [0.4, 0.5) is 5.95 Å². The normalized spacial score (nSPS) is 24.2. The maximum atomic E-state index is 11.1. The lowest BCUT2D eigenvalue weighted by atomic mass is 10.1. The molecule has 1 saturated carbocycles. The first-order valence-electron chi connectivity index (χ1n) is 7.45. The zero-order valence-electron chi connectivity index (χ0n) is 12.8. The quantitative estimate of drug-likeness (QED) is 0.637. The summed E-state index contributed by atoms with van der Waals surface area (Å²) in [7, 11) is -4.21. The number of nitrogens with two attached hydrogens (primary N) is 1. The van der Waals surface area contributed by atoms with Crippen LogP contribution in [0.15, 0.2) is 12.5 Å². The van der Waals surface area contributed by atoms with Crippen molar-refractivity contribution in [3.63, 3.8) is 0 Å². The molecule has 23 heavy (non-hydrogen) atoms. The maximum Gasteiger partial charge on any atom is 0.351 e. The minimum atomic E-state index is -4.21. The van der Waals surface area contributed by atoms with Gasteiger partial charge in [0.05, 0.1) is 24.7 Å². The van der Waals surface area contributed by atoms with Gasteiger partial charge in [0.1, 0.15) is 11.9 Å². The number of anilines is 1. The van der Waals surface area contributed by atoms with Gasteiger partial charge in [-0.05, 0) is 18.8 Å². The summed E-state index contributed by atoms with van der Waals surface area (Å²) in [5, 5.41) is 0. The predicted molar refractivity (Wildman–Crippen MR) is 83.5 cm³/mol. The molecule has 1 aliphatic rings. The van der Waals surface area contributed by atoms with Crippen LogP contribution in [0.1, 0.15) is 26.2 Å². The Morgan fingerprint density at radius 3 is 3.00 bits per heavy atom. The van der Waals surface area contributed by atoms with E-state index >= 15 is 0 Å². The van der Waals surface area contributed by atoms with Gasteiger partial charge in [-0.2, -0.15) is 4.98 Å². The third kappa shape index (κ3) is 3.53. The average molecular weight is 341 g/mol. The predicted octanol–water partition coefficient (Wildman–Crippen LogP) is 1.12. The van der Waals surface area contributed by atoms with Crippen molar-refractivity contribution in [1.29, 1.82) is 0 Å². The third-order valence-electron chi connectivity index (χ3n) is 4.15. The van der Waals surface area contributed by atoms with Crippen molar-refractivity contribution in [3.8, 4) is 0 Å². The molecule has 4 N–H and O–H groups in total. The Morgan fingerprint density at radius 1 is 1.52 bits per heavy atom. The number of fused-ring (bicyclic) bond motifs is 1. The summed E-state index contributed by atoms with van der Waals surface area (Å²) in [6.45, 7) is 2.51. The molecule has 0 spiro atoms. The second-order valence-corrected chi connectivity index (χ2v) is 7.59. The van der Waals surface area contributed by atoms with E-state index in [0.29, 0.717) is 17.7 Å². The van der Waals surface area contributed by atoms with Crippen molar-refractivity contribution in [2.75, 3.05) is 12.1 Å². The largest absolute Gasteiger partial charge is 0.368 e. The molecule has 0 aromatic carbocycles. The molecule has 2 unspecified atom stereocenters. The van der Waals surface area contributed by atoms with Crippen molar-refractivity contribution in [1.82, 2.24) is 19.5 Å². The van der Waals surface area contributed by atoms with Crippen LogP contribution in [-0.4, -0.2) is 41.3 Å². The van der Waals surface area contributed by atoms with E-state index in [1.54, 1.807) is 12.5 Å². The second kappa shape index (κ2) is 5.83. The summed E-state index contributed by atoms with van der Waals surface area (Å²) in [4.78, 5) is 30.5. The first kappa shape index (κ1) is 16.3. The molecule has 0 saturated heterocycles. The molecule has 3 rings (SSSR count). The smallest absolute Gasteiger partial charge is 0.351 e. The zero-order valence-corrected chi connectivity index (χ0v) is 13.7. The summed E-state index contributed by atoms with van der Waals surface area (Å²) in [6, 6.07) is 0. The van der Waals surface area contributed by atoms with Crippen molar-refractivity contribution in [2.24, 2.45) is 5.92 Å². The molecule has 0 aliphatic heterocycles. The number of hydrogen-bond acceptors (Lipinski definition) is 6. The van der Waals surface area contributed by atoms with E-state index in [4.69, 9.17) is 20.3 Å². The number of nitrogens with zero attached hydrogens (tertiary/aromatic N) is 4. The lowest BCUT2D eigenvalue weighted by Crippen LogP contribution is -2.25. The minimum absolute atomic E-state index is 0.158. The molecule has 2 aromatic heterocycles. The van der Waals surface area contributed by atoms with Crippen molar-refractivity contribution < 1.29 is 19.1 Å². The first-order chi connectivity index (χ1) is 10.8. The van der Waals surface area contributed by atoms with Gasteiger partial charge in [0.15, 0.2) is 5.65 Å². The highest BCUT2D eigenvalue weighted by molar-refractivity contribution is 7.51. The Hall–Kier alpha value is -1.54. The van der Waals surface area contributed by atoms with Gasteiger partial charge in [-0.1, -0.05) is 13.3 Å². The fraction of sp³-hybridized carbons (Fsp3) is 0.615. The van der Waals surface area contributed by atoms with E-state index in [2.05, 4.69) is 21.9 Å². The van der Waals surface area contributed by atoms with Gasteiger partial charge >= 0.3 is 7.60 Å². The molecule has 1 fully saturated rings. The van der Waals surface area contributed by atoms with E-state index in [0.717, 1.165) is 19.3 Å². The summed E-state index contributed by atoms with van der Waals surface area (Å²) in [5.41, 5.74) is 6.26. The number of rotatable bonds is 7. The van der Waals surface area contributed by atoms with Crippen LogP contribution < -0.4 is 5.73 Å². The molecule has 2 heterocycles. The molecule has 0 bridgehead atoms. The Labute approximate surface area is 133 Å². The van der Waals surface area contributed by atoms with Gasteiger partial charge < -0.3 is 24.8 Å². The Bertz CT molecular complexity index is 760. The van der Waals surface area contributed by atoms with Crippen LogP contribution in [-0.2, 0) is 15.8 Å². The van der Waals surface area contributed by atoms with Gasteiger partial charge in [-0.25, -0.2) is 9.97 Å². The standard InChI is InChI=1S/C13H20N5O4P/c1-2-3-9-4-13(9,22-8-23(19,20)21)6-18-7-16-10-5-15-12(14)17-11(10)18/h5,7,9H,2-4,6,8H2,1H3,(H2,14,15,17)(H2,19,20,21). The molecule has 126 valence electrons. The van der Waals surface area contributed by atoms with E-state index in [1.165, 1.54) is 0 Å². The van der Waals surface area contributed by atoms with E-state index in [1.807, 2.05) is 4.57 Å². The highest BCUT2D eigenvalue weighted by atomic mass is 31.2. The van der Waals surface area contributed by atoms with Crippen LogP contribution in [0, 0.1) is 5.92 Å². The van der Waals surface area contributed by atoms with Crippen LogP contribution in [0.3, 0.4) is 0 Å². The fourth-order valence-corrected chi connectivity index (χ4v) is 3.40. The SMILES string of the molecule is CCCC1CC1(Cn1cnc2cnc(N)nc21)OCP(=O)(O)O. The Balaban J connectivity index is 1.83. The molecule has 9 nitrogen and oxygen atoms in total. The molecule has 0 radical (unpaired) electrons. The molecular weight excluding hydrogens is 321 g/mol. The van der Waals surface area contributed by atoms with E-state index in [-0.39, 0.29) is 11.9 Å². The molecule has 2 atom stereocenters. The lowest BCUT2D eigenvalue weighted by Gasteiger charge is -2.20. The third-order valence-corrected chi connectivity index (χ3v) is 4.61. The number of nitrogen functional groups attached to an aromatic ring is 1. The van der Waals surface area contributed by atoms with Crippen molar-refractivity contribution in [3.05, 3.63) is 12.5 Å². The number of aromatic nitrogens is 4. The molecule has 2 aromatic rings. The maximum absolute atomic E-state index is 11.1.